The van der Waals surface area contributed by atoms with Gasteiger partial charge in [0.2, 0.25) is 0 Å². The highest BCUT2D eigenvalue weighted by atomic mass is 16.5. The summed E-state index contributed by atoms with van der Waals surface area (Å²) in [6.07, 6.45) is 0. The molecule has 1 rings (SSSR count). The van der Waals surface area contributed by atoms with E-state index in [0.717, 1.165) is 6.54 Å². The highest BCUT2D eigenvalue weighted by molar-refractivity contribution is 5.91. The maximum Gasteiger partial charge on any atom is 0.287 e. The first-order valence-electron chi connectivity index (χ1n) is 6.30. The van der Waals surface area contributed by atoms with E-state index in [1.165, 1.54) is 0 Å². The van der Waals surface area contributed by atoms with E-state index in [9.17, 15) is 4.79 Å². The smallest absolute Gasteiger partial charge is 0.287 e. The van der Waals surface area contributed by atoms with E-state index in [-0.39, 0.29) is 11.7 Å². The number of nitrogens with one attached hydrogen (secondary N) is 1. The van der Waals surface area contributed by atoms with Gasteiger partial charge in [-0.2, -0.15) is 0 Å². The molecule has 3 N–H and O–H groups in total. The second-order valence-corrected chi connectivity index (χ2v) is 4.42. The SMILES string of the molecule is COCCN(Cc1cc(C(=O)NN)no1)C(C)COC. The lowest BCUT2D eigenvalue weighted by atomic mass is 10.2. The van der Waals surface area contributed by atoms with E-state index >= 15 is 0 Å². The Morgan fingerprint density at radius 1 is 1.55 bits per heavy atom. The molecule has 114 valence electrons. The van der Waals surface area contributed by atoms with E-state index in [2.05, 4.69) is 10.1 Å². The van der Waals surface area contributed by atoms with Gasteiger partial charge in [0.25, 0.3) is 5.91 Å². The van der Waals surface area contributed by atoms with Crippen molar-refractivity contribution in [3.05, 3.63) is 17.5 Å². The third-order valence-corrected chi connectivity index (χ3v) is 2.90. The number of nitrogens with two attached hydrogens (primary N) is 1. The number of ether oxygens (including phenoxy) is 2. The van der Waals surface area contributed by atoms with Gasteiger partial charge in [-0.3, -0.25) is 15.1 Å². The topological polar surface area (TPSA) is 103 Å². The lowest BCUT2D eigenvalue weighted by molar-refractivity contribution is 0.0650. The maximum atomic E-state index is 11.3. The number of hydrogen-bond acceptors (Lipinski definition) is 7. The van der Waals surface area contributed by atoms with E-state index in [4.69, 9.17) is 19.8 Å². The lowest BCUT2D eigenvalue weighted by Crippen LogP contribution is -2.37. The van der Waals surface area contributed by atoms with Gasteiger partial charge in [-0.25, -0.2) is 5.84 Å². The number of nitrogens with zero attached hydrogens (tertiary/aromatic N) is 2. The fourth-order valence-electron chi connectivity index (χ4n) is 1.78. The normalized spacial score (nSPS) is 12.7. The molecule has 1 amide bonds. The highest BCUT2D eigenvalue weighted by Gasteiger charge is 2.18. The minimum Gasteiger partial charge on any atom is -0.383 e. The zero-order chi connectivity index (χ0) is 15.0. The van der Waals surface area contributed by atoms with Crippen LogP contribution in [0.5, 0.6) is 0 Å². The molecule has 1 atom stereocenters. The van der Waals surface area contributed by atoms with Crippen molar-refractivity contribution in [2.75, 3.05) is 34.0 Å². The molecule has 0 aliphatic carbocycles. The van der Waals surface area contributed by atoms with Crippen molar-refractivity contribution in [3.8, 4) is 0 Å². The zero-order valence-corrected chi connectivity index (χ0v) is 12.1. The minimum absolute atomic E-state index is 0.161. The first-order chi connectivity index (χ1) is 9.62. The van der Waals surface area contributed by atoms with Gasteiger partial charge in [-0.05, 0) is 6.92 Å². The summed E-state index contributed by atoms with van der Waals surface area (Å²) >= 11 is 0. The summed E-state index contributed by atoms with van der Waals surface area (Å²) in [6, 6.07) is 1.76. The summed E-state index contributed by atoms with van der Waals surface area (Å²) in [5.74, 6) is 5.15. The number of carbonyl (C=O) groups excluding carboxylic acids is 1. The number of methoxy groups -OCH3 is 2. The maximum absolute atomic E-state index is 11.3. The highest BCUT2D eigenvalue weighted by Crippen LogP contribution is 2.10. The number of rotatable bonds is 9. The molecule has 1 unspecified atom stereocenters. The lowest BCUT2D eigenvalue weighted by Gasteiger charge is -2.27. The molecule has 0 spiro atoms. The molecule has 1 aromatic rings. The number of carbonyl (C=O) groups is 1. The van der Waals surface area contributed by atoms with Gasteiger partial charge in [0.05, 0.1) is 19.8 Å². The van der Waals surface area contributed by atoms with Gasteiger partial charge in [0.1, 0.15) is 0 Å². The summed E-state index contributed by atoms with van der Waals surface area (Å²) in [4.78, 5) is 13.4. The van der Waals surface area contributed by atoms with Gasteiger partial charge < -0.3 is 14.0 Å². The van der Waals surface area contributed by atoms with Crippen molar-refractivity contribution in [1.82, 2.24) is 15.5 Å². The van der Waals surface area contributed by atoms with E-state index < -0.39 is 5.91 Å². The molecule has 20 heavy (non-hydrogen) atoms. The van der Waals surface area contributed by atoms with Crippen LogP contribution in [-0.4, -0.2) is 56.0 Å². The number of amides is 1. The second-order valence-electron chi connectivity index (χ2n) is 4.42. The summed E-state index contributed by atoms with van der Waals surface area (Å²) < 4.78 is 15.4. The summed E-state index contributed by atoms with van der Waals surface area (Å²) in [5, 5.41) is 3.67. The predicted octanol–water partition coefficient (Wildman–Crippen LogP) is -0.239. The Morgan fingerprint density at radius 2 is 2.30 bits per heavy atom. The zero-order valence-electron chi connectivity index (χ0n) is 12.1. The van der Waals surface area contributed by atoms with Crippen LogP contribution in [0.2, 0.25) is 0 Å². The Hall–Kier alpha value is -1.48. The van der Waals surface area contributed by atoms with Crippen LogP contribution in [0, 0.1) is 0 Å². The van der Waals surface area contributed by atoms with Crippen LogP contribution in [0.4, 0.5) is 0 Å². The predicted molar refractivity (Wildman–Crippen MR) is 71.8 cm³/mol. The average molecular weight is 286 g/mol. The molecule has 0 radical (unpaired) electrons. The van der Waals surface area contributed by atoms with Crippen LogP contribution in [0.15, 0.2) is 10.6 Å². The van der Waals surface area contributed by atoms with Crippen LogP contribution < -0.4 is 11.3 Å². The first kappa shape index (κ1) is 16.6. The summed E-state index contributed by atoms with van der Waals surface area (Å²) in [5.41, 5.74) is 2.17. The average Bonchev–Trinajstić information content (AvgIpc) is 2.91. The molecule has 0 saturated heterocycles. The molecule has 0 saturated carbocycles. The molecule has 1 heterocycles. The van der Waals surface area contributed by atoms with Gasteiger partial charge in [0.15, 0.2) is 11.5 Å². The van der Waals surface area contributed by atoms with Gasteiger partial charge in [0, 0.05) is 32.9 Å². The van der Waals surface area contributed by atoms with Crippen LogP contribution in [0.1, 0.15) is 23.2 Å². The summed E-state index contributed by atoms with van der Waals surface area (Å²) in [7, 11) is 3.31. The van der Waals surface area contributed by atoms with Crippen LogP contribution in [-0.2, 0) is 16.0 Å². The number of aromatic nitrogens is 1. The quantitative estimate of drug-likeness (QED) is 0.367. The second kappa shape index (κ2) is 8.64. The summed E-state index contributed by atoms with van der Waals surface area (Å²) in [6.45, 7) is 4.47. The largest absolute Gasteiger partial charge is 0.383 e. The molecule has 0 aromatic carbocycles. The Morgan fingerprint density at radius 3 is 2.90 bits per heavy atom. The van der Waals surface area contributed by atoms with Crippen molar-refractivity contribution in [1.29, 1.82) is 0 Å². The Bertz CT molecular complexity index is 410. The Labute approximate surface area is 118 Å². The fourth-order valence-corrected chi connectivity index (χ4v) is 1.78. The standard InChI is InChI=1S/C12H22N4O4/c1-9(8-19-3)16(4-5-18-2)7-10-6-11(15-20-10)12(17)14-13/h6,9H,4-5,7-8,13H2,1-3H3,(H,14,17). The molecule has 1 aromatic heterocycles. The first-order valence-corrected chi connectivity index (χ1v) is 6.30. The van der Waals surface area contributed by atoms with Gasteiger partial charge >= 0.3 is 0 Å². The van der Waals surface area contributed by atoms with Gasteiger partial charge in [-0.1, -0.05) is 5.16 Å². The molecule has 8 nitrogen and oxygen atoms in total. The molecule has 0 bridgehead atoms. The molecular formula is C12H22N4O4. The van der Waals surface area contributed by atoms with Crippen molar-refractivity contribution < 1.29 is 18.8 Å². The number of nitrogen functional groups attached to an aromatic ring is 1. The number of hydrogen-bond donors (Lipinski definition) is 2. The van der Waals surface area contributed by atoms with Crippen LogP contribution >= 0.6 is 0 Å². The molecule has 0 aliphatic heterocycles. The van der Waals surface area contributed by atoms with Crippen LogP contribution in [0.3, 0.4) is 0 Å². The van der Waals surface area contributed by atoms with Crippen LogP contribution in [0.25, 0.3) is 0 Å². The van der Waals surface area contributed by atoms with E-state index in [1.807, 2.05) is 12.3 Å². The van der Waals surface area contributed by atoms with E-state index in [0.29, 0.717) is 25.5 Å². The van der Waals surface area contributed by atoms with Crippen molar-refractivity contribution in [2.24, 2.45) is 5.84 Å². The molecule has 8 heteroatoms. The third-order valence-electron chi connectivity index (χ3n) is 2.90. The fraction of sp³-hybridized carbons (Fsp3) is 0.667. The van der Waals surface area contributed by atoms with Crippen molar-refractivity contribution in [3.63, 3.8) is 0 Å². The van der Waals surface area contributed by atoms with Gasteiger partial charge in [-0.15, -0.1) is 0 Å². The van der Waals surface area contributed by atoms with Crippen molar-refractivity contribution in [2.45, 2.75) is 19.5 Å². The van der Waals surface area contributed by atoms with Crippen molar-refractivity contribution >= 4 is 5.91 Å². The minimum atomic E-state index is -0.478. The molecule has 0 fully saturated rings. The third kappa shape index (κ3) is 4.89. The Balaban J connectivity index is 2.67. The molecule has 0 aliphatic rings. The van der Waals surface area contributed by atoms with E-state index in [1.54, 1.807) is 20.3 Å². The Kier molecular flexibility index (Phi) is 7.16. The number of hydrazine groups is 1. The monoisotopic (exact) mass is 286 g/mol. The molecular weight excluding hydrogens is 264 g/mol.